The van der Waals surface area contributed by atoms with Crippen molar-refractivity contribution in [3.05, 3.63) is 10.1 Å². The van der Waals surface area contributed by atoms with Gasteiger partial charge in [0.25, 0.3) is 5.09 Å². The van der Waals surface area contributed by atoms with Gasteiger partial charge in [-0.15, -0.1) is 10.1 Å². The SMILES string of the molecule is C[N+](C)(CCCOS(=O)(=O)F)CO[N+](=O)[O-]. The van der Waals surface area contributed by atoms with Gasteiger partial charge in [-0.25, -0.2) is 4.18 Å². The minimum atomic E-state index is -4.91. The minimum Gasteiger partial charge on any atom is -0.307 e. The molecule has 16 heavy (non-hydrogen) atoms. The number of rotatable bonds is 8. The van der Waals surface area contributed by atoms with E-state index in [-0.39, 0.29) is 24.2 Å². The molecule has 0 bridgehead atoms. The highest BCUT2D eigenvalue weighted by Gasteiger charge is 2.17. The zero-order chi connectivity index (χ0) is 12.8. The fourth-order valence-electron chi connectivity index (χ4n) is 0.919. The Morgan fingerprint density at radius 2 is 2.00 bits per heavy atom. The summed E-state index contributed by atoms with van der Waals surface area (Å²) < 4.78 is 35.8. The Kier molecular flexibility index (Phi) is 5.55. The highest BCUT2D eigenvalue weighted by molar-refractivity contribution is 7.81. The third-order valence-corrected chi connectivity index (χ3v) is 2.09. The van der Waals surface area contributed by atoms with Crippen molar-refractivity contribution in [1.29, 1.82) is 0 Å². The van der Waals surface area contributed by atoms with E-state index in [1.807, 2.05) is 0 Å². The molecule has 8 nitrogen and oxygen atoms in total. The monoisotopic (exact) mass is 261 g/mol. The summed E-state index contributed by atoms with van der Waals surface area (Å²) in [5, 5.41) is 9.01. The molecule has 0 rings (SSSR count). The predicted molar refractivity (Wildman–Crippen MR) is 50.5 cm³/mol. The Morgan fingerprint density at radius 3 is 2.44 bits per heavy atom. The quantitative estimate of drug-likeness (QED) is 0.150. The molecule has 0 saturated carbocycles. The van der Waals surface area contributed by atoms with Gasteiger partial charge >= 0.3 is 10.5 Å². The van der Waals surface area contributed by atoms with Gasteiger partial charge in [-0.3, -0.25) is 4.84 Å². The van der Waals surface area contributed by atoms with Crippen molar-refractivity contribution in [3.63, 3.8) is 0 Å². The van der Waals surface area contributed by atoms with Crippen molar-refractivity contribution in [3.8, 4) is 0 Å². The first-order valence-corrected chi connectivity index (χ1v) is 5.61. The van der Waals surface area contributed by atoms with Crippen LogP contribution in [-0.4, -0.2) is 52.0 Å². The van der Waals surface area contributed by atoms with Crippen LogP contribution in [0.4, 0.5) is 3.89 Å². The summed E-state index contributed by atoms with van der Waals surface area (Å²) in [6.07, 6.45) is 0.233. The molecule has 0 unspecified atom stereocenters. The van der Waals surface area contributed by atoms with E-state index in [0.717, 1.165) is 0 Å². The highest BCUT2D eigenvalue weighted by atomic mass is 32.3. The van der Waals surface area contributed by atoms with E-state index in [1.54, 1.807) is 14.1 Å². The van der Waals surface area contributed by atoms with E-state index < -0.39 is 15.6 Å². The normalized spacial score (nSPS) is 12.4. The van der Waals surface area contributed by atoms with Gasteiger partial charge in [-0.2, -0.15) is 8.42 Å². The molecule has 0 radical (unpaired) electrons. The van der Waals surface area contributed by atoms with Crippen molar-refractivity contribution in [2.75, 3.05) is 34.0 Å². The van der Waals surface area contributed by atoms with Crippen molar-refractivity contribution in [2.24, 2.45) is 0 Å². The summed E-state index contributed by atoms with van der Waals surface area (Å²) in [6, 6.07) is 0. The molecule has 0 saturated heterocycles. The first kappa shape index (κ1) is 15.0. The van der Waals surface area contributed by atoms with Gasteiger partial charge in [0.15, 0.2) is 0 Å². The number of quaternary nitrogens is 1. The van der Waals surface area contributed by atoms with Gasteiger partial charge in [0.05, 0.1) is 27.2 Å². The molecule has 96 valence electrons. The van der Waals surface area contributed by atoms with Gasteiger partial charge < -0.3 is 4.48 Å². The van der Waals surface area contributed by atoms with Gasteiger partial charge in [0, 0.05) is 6.42 Å². The van der Waals surface area contributed by atoms with Gasteiger partial charge in [0.2, 0.25) is 6.73 Å². The topological polar surface area (TPSA) is 95.7 Å². The van der Waals surface area contributed by atoms with Crippen LogP contribution >= 0.6 is 0 Å². The van der Waals surface area contributed by atoms with Crippen molar-refractivity contribution in [1.82, 2.24) is 0 Å². The molecule has 0 heterocycles. The predicted octanol–water partition coefficient (Wildman–Crippen LogP) is -0.150. The summed E-state index contributed by atoms with van der Waals surface area (Å²) in [5.41, 5.74) is 0. The largest absolute Gasteiger partial charge is 0.437 e. The molecule has 0 aromatic carbocycles. The number of hydrogen-bond donors (Lipinski definition) is 0. The minimum absolute atomic E-state index is 0.136. The molecule has 10 heteroatoms. The molecule has 0 aromatic rings. The average Bonchev–Trinajstić information content (AvgIpc) is 2.08. The first-order valence-electron chi connectivity index (χ1n) is 4.31. The Hall–Kier alpha value is -1.00. The zero-order valence-electron chi connectivity index (χ0n) is 8.96. The second kappa shape index (κ2) is 5.92. The standard InChI is InChI=1S/C6H14FN2O6S/c1-9(2,6-14-8(10)11)4-3-5-15-16(7,12)13/h3-6H2,1-2H3/q+1. The van der Waals surface area contributed by atoms with E-state index in [9.17, 15) is 22.4 Å². The molecule has 0 spiro atoms. The lowest BCUT2D eigenvalue weighted by Crippen LogP contribution is -2.43. The summed E-state index contributed by atoms with van der Waals surface area (Å²) in [6.45, 7) is -0.127. The summed E-state index contributed by atoms with van der Waals surface area (Å²) >= 11 is 0. The maximum Gasteiger partial charge on any atom is 0.437 e. The van der Waals surface area contributed by atoms with Crippen LogP contribution in [-0.2, 0) is 19.5 Å². The van der Waals surface area contributed by atoms with Crippen molar-refractivity contribution in [2.45, 2.75) is 6.42 Å². The second-order valence-corrected chi connectivity index (χ2v) is 4.73. The molecule has 0 N–H and O–H groups in total. The molecule has 0 aliphatic carbocycles. The fourth-order valence-corrected chi connectivity index (χ4v) is 1.24. The highest BCUT2D eigenvalue weighted by Crippen LogP contribution is 2.02. The Morgan fingerprint density at radius 1 is 1.44 bits per heavy atom. The lowest BCUT2D eigenvalue weighted by Gasteiger charge is -2.27. The van der Waals surface area contributed by atoms with Crippen molar-refractivity contribution >= 4 is 10.5 Å². The molecule has 0 atom stereocenters. The van der Waals surface area contributed by atoms with Crippen molar-refractivity contribution < 1.29 is 30.9 Å². The first-order chi connectivity index (χ1) is 7.12. The Balaban J connectivity index is 3.78. The third kappa shape index (κ3) is 9.55. The van der Waals surface area contributed by atoms with E-state index >= 15 is 0 Å². The Labute approximate surface area is 92.7 Å². The summed E-state index contributed by atoms with van der Waals surface area (Å²) in [7, 11) is -1.62. The lowest BCUT2D eigenvalue weighted by molar-refractivity contribution is -0.957. The molecule has 0 aliphatic rings. The number of hydrogen-bond acceptors (Lipinski definition) is 6. The molecular weight excluding hydrogens is 247 g/mol. The van der Waals surface area contributed by atoms with Crippen LogP contribution in [0.25, 0.3) is 0 Å². The Bertz CT molecular complexity index is 330. The van der Waals surface area contributed by atoms with Crippen LogP contribution in [0.15, 0.2) is 0 Å². The van der Waals surface area contributed by atoms with Crippen LogP contribution in [0, 0.1) is 10.1 Å². The molecule has 0 aliphatic heterocycles. The smallest absolute Gasteiger partial charge is 0.307 e. The zero-order valence-corrected chi connectivity index (χ0v) is 9.78. The average molecular weight is 261 g/mol. The van der Waals surface area contributed by atoms with E-state index in [2.05, 4.69) is 9.02 Å². The summed E-state index contributed by atoms with van der Waals surface area (Å²) in [5.74, 6) is 0. The molecule has 0 fully saturated rings. The molecular formula is C6H14FN2O6S+. The van der Waals surface area contributed by atoms with Crippen LogP contribution in [0.5, 0.6) is 0 Å². The van der Waals surface area contributed by atoms with E-state index in [4.69, 9.17) is 0 Å². The fraction of sp³-hybridized carbons (Fsp3) is 1.00. The third-order valence-electron chi connectivity index (χ3n) is 1.64. The van der Waals surface area contributed by atoms with Gasteiger partial charge in [0.1, 0.15) is 0 Å². The molecule has 0 aromatic heterocycles. The lowest BCUT2D eigenvalue weighted by atomic mass is 10.4. The maximum atomic E-state index is 11.9. The number of nitrogens with zero attached hydrogens (tertiary/aromatic N) is 2. The van der Waals surface area contributed by atoms with Gasteiger partial charge in [-0.1, -0.05) is 3.89 Å². The van der Waals surface area contributed by atoms with Crippen LogP contribution in [0.2, 0.25) is 0 Å². The van der Waals surface area contributed by atoms with E-state index in [1.165, 1.54) is 0 Å². The summed E-state index contributed by atoms with van der Waals surface area (Å²) in [4.78, 5) is 14.1. The van der Waals surface area contributed by atoms with Gasteiger partial charge in [-0.05, 0) is 0 Å². The van der Waals surface area contributed by atoms with Crippen LogP contribution in [0.3, 0.4) is 0 Å². The second-order valence-electron chi connectivity index (χ2n) is 3.71. The van der Waals surface area contributed by atoms with Crippen LogP contribution < -0.4 is 0 Å². The maximum absolute atomic E-state index is 11.9. The van der Waals surface area contributed by atoms with E-state index in [0.29, 0.717) is 6.54 Å². The number of halogens is 1. The van der Waals surface area contributed by atoms with Crippen LogP contribution in [0.1, 0.15) is 6.42 Å². The molecule has 0 amide bonds.